The first kappa shape index (κ1) is 22.9. The Morgan fingerprint density at radius 3 is 2.41 bits per heavy atom. The van der Waals surface area contributed by atoms with Crippen molar-refractivity contribution in [2.24, 2.45) is 0 Å². The number of nitrogens with zero attached hydrogens (tertiary/aromatic N) is 2. The zero-order valence-electron chi connectivity index (χ0n) is 18.0. The molecule has 0 fully saturated rings. The SMILES string of the molecule is CCCCN(C)C(=O)c1cc(C(=O)N2Cc3ccc(C=CC(=O)O)cc3C2)c(O)cc1O. The third-order valence-electron chi connectivity index (χ3n) is 5.43. The van der Waals surface area contributed by atoms with Crippen LogP contribution in [0.3, 0.4) is 0 Å². The predicted octanol–water partition coefficient (Wildman–Crippen LogP) is 3.22. The standard InChI is InChI=1S/C24H26N2O6/c1-3-4-9-25(2)23(31)18-11-19(21(28)12-20(18)27)24(32)26-13-16-7-5-15(6-8-22(29)30)10-17(16)14-26/h5-8,10-12,27-28H,3-4,9,13-14H2,1-2H3,(H,29,30). The maximum Gasteiger partial charge on any atom is 0.328 e. The largest absolute Gasteiger partial charge is 0.507 e. The summed E-state index contributed by atoms with van der Waals surface area (Å²) in [6.07, 6.45) is 4.24. The number of carboxylic acid groups (broad SMARTS) is 1. The van der Waals surface area contributed by atoms with Crippen molar-refractivity contribution < 1.29 is 29.7 Å². The molecule has 0 saturated heterocycles. The summed E-state index contributed by atoms with van der Waals surface area (Å²) in [5, 5.41) is 29.3. The van der Waals surface area contributed by atoms with Crippen LogP contribution in [0, 0.1) is 0 Å². The molecule has 0 atom stereocenters. The number of aromatic hydroxyl groups is 2. The molecule has 3 rings (SSSR count). The Balaban J connectivity index is 1.83. The first-order valence-corrected chi connectivity index (χ1v) is 10.3. The molecule has 2 amide bonds. The summed E-state index contributed by atoms with van der Waals surface area (Å²) in [6, 6.07) is 7.68. The number of amides is 2. The van der Waals surface area contributed by atoms with Crippen molar-refractivity contribution in [2.45, 2.75) is 32.9 Å². The van der Waals surface area contributed by atoms with E-state index in [2.05, 4.69) is 0 Å². The Hall–Kier alpha value is -3.81. The maximum atomic E-state index is 13.1. The third kappa shape index (κ3) is 4.91. The van der Waals surface area contributed by atoms with E-state index in [1.807, 2.05) is 19.1 Å². The van der Waals surface area contributed by atoms with Gasteiger partial charge in [0.2, 0.25) is 0 Å². The second-order valence-corrected chi connectivity index (χ2v) is 7.83. The molecular weight excluding hydrogens is 412 g/mol. The van der Waals surface area contributed by atoms with Crippen molar-refractivity contribution in [3.63, 3.8) is 0 Å². The number of fused-ring (bicyclic) bond motifs is 1. The highest BCUT2D eigenvalue weighted by Gasteiger charge is 2.28. The van der Waals surface area contributed by atoms with Crippen LogP contribution in [0.25, 0.3) is 6.08 Å². The highest BCUT2D eigenvalue weighted by atomic mass is 16.4. The van der Waals surface area contributed by atoms with Gasteiger partial charge in [-0.05, 0) is 41.3 Å². The number of hydrogen-bond acceptors (Lipinski definition) is 5. The van der Waals surface area contributed by atoms with Crippen LogP contribution < -0.4 is 0 Å². The number of phenolic OH excluding ortho intramolecular Hbond substituents is 2. The van der Waals surface area contributed by atoms with E-state index in [4.69, 9.17) is 5.11 Å². The van der Waals surface area contributed by atoms with Crippen LogP contribution in [-0.2, 0) is 17.9 Å². The Labute approximate surface area is 186 Å². The molecule has 1 heterocycles. The molecule has 2 aromatic rings. The van der Waals surface area contributed by atoms with Gasteiger partial charge in [-0.25, -0.2) is 4.79 Å². The maximum absolute atomic E-state index is 13.1. The van der Waals surface area contributed by atoms with Crippen LogP contribution in [0.4, 0.5) is 0 Å². The lowest BCUT2D eigenvalue weighted by Crippen LogP contribution is -2.29. The number of carboxylic acids is 1. The van der Waals surface area contributed by atoms with Gasteiger partial charge in [0.15, 0.2) is 0 Å². The smallest absolute Gasteiger partial charge is 0.328 e. The molecule has 1 aliphatic heterocycles. The summed E-state index contributed by atoms with van der Waals surface area (Å²) in [5.74, 6) is -2.72. The van der Waals surface area contributed by atoms with Gasteiger partial charge < -0.3 is 25.1 Å². The number of benzene rings is 2. The quantitative estimate of drug-likeness (QED) is 0.571. The van der Waals surface area contributed by atoms with Crippen molar-refractivity contribution in [3.8, 4) is 11.5 Å². The van der Waals surface area contributed by atoms with E-state index in [1.54, 1.807) is 13.1 Å². The zero-order valence-corrected chi connectivity index (χ0v) is 18.0. The van der Waals surface area contributed by atoms with E-state index in [9.17, 15) is 24.6 Å². The van der Waals surface area contributed by atoms with Gasteiger partial charge in [0.1, 0.15) is 11.5 Å². The van der Waals surface area contributed by atoms with Gasteiger partial charge in [0.25, 0.3) is 11.8 Å². The lowest BCUT2D eigenvalue weighted by molar-refractivity contribution is -0.131. The molecule has 0 unspecified atom stereocenters. The molecule has 8 heteroatoms. The predicted molar refractivity (Wildman–Crippen MR) is 118 cm³/mol. The summed E-state index contributed by atoms with van der Waals surface area (Å²) in [5.41, 5.74) is 2.40. The summed E-state index contributed by atoms with van der Waals surface area (Å²) in [6.45, 7) is 3.12. The first-order chi connectivity index (χ1) is 15.2. The molecule has 0 spiro atoms. The number of aliphatic carboxylic acids is 1. The molecule has 0 bridgehead atoms. The number of carbonyl (C=O) groups is 3. The normalized spacial score (nSPS) is 12.8. The Morgan fingerprint density at radius 2 is 1.72 bits per heavy atom. The van der Waals surface area contributed by atoms with E-state index in [1.165, 1.54) is 21.9 Å². The van der Waals surface area contributed by atoms with E-state index in [-0.39, 0.29) is 23.4 Å². The number of hydrogen-bond donors (Lipinski definition) is 3. The lowest BCUT2D eigenvalue weighted by Gasteiger charge is -2.20. The molecule has 0 aromatic heterocycles. The molecular formula is C24H26N2O6. The molecule has 3 N–H and O–H groups in total. The Morgan fingerprint density at radius 1 is 1.03 bits per heavy atom. The first-order valence-electron chi connectivity index (χ1n) is 10.3. The van der Waals surface area contributed by atoms with Crippen LogP contribution in [0.15, 0.2) is 36.4 Å². The monoisotopic (exact) mass is 438 g/mol. The topological polar surface area (TPSA) is 118 Å². The van der Waals surface area contributed by atoms with Crippen LogP contribution in [0.1, 0.15) is 57.2 Å². The Bertz CT molecular complexity index is 1090. The highest BCUT2D eigenvalue weighted by molar-refractivity contribution is 6.03. The molecule has 0 aliphatic carbocycles. The average molecular weight is 438 g/mol. The van der Waals surface area contributed by atoms with E-state index in [0.717, 1.165) is 36.1 Å². The van der Waals surface area contributed by atoms with E-state index in [0.29, 0.717) is 18.7 Å². The van der Waals surface area contributed by atoms with Crippen molar-refractivity contribution >= 4 is 23.9 Å². The summed E-state index contributed by atoms with van der Waals surface area (Å²) >= 11 is 0. The third-order valence-corrected chi connectivity index (χ3v) is 5.43. The van der Waals surface area contributed by atoms with Crippen molar-refractivity contribution in [3.05, 3.63) is 64.2 Å². The van der Waals surface area contributed by atoms with Crippen LogP contribution >= 0.6 is 0 Å². The minimum absolute atomic E-state index is 0.0393. The second kappa shape index (κ2) is 9.55. The number of phenols is 2. The molecule has 168 valence electrons. The summed E-state index contributed by atoms with van der Waals surface area (Å²) < 4.78 is 0. The van der Waals surface area contributed by atoms with Gasteiger partial charge >= 0.3 is 5.97 Å². The fourth-order valence-corrected chi connectivity index (χ4v) is 3.62. The summed E-state index contributed by atoms with van der Waals surface area (Å²) in [4.78, 5) is 39.6. The van der Waals surface area contributed by atoms with Crippen LogP contribution in [-0.4, -0.2) is 56.5 Å². The molecule has 0 saturated carbocycles. The van der Waals surface area contributed by atoms with Gasteiger partial charge in [0, 0.05) is 38.8 Å². The van der Waals surface area contributed by atoms with E-state index < -0.39 is 23.5 Å². The second-order valence-electron chi connectivity index (χ2n) is 7.83. The van der Waals surface area contributed by atoms with Gasteiger partial charge in [0.05, 0.1) is 11.1 Å². The van der Waals surface area contributed by atoms with Crippen LogP contribution in [0.2, 0.25) is 0 Å². The fraction of sp³-hybridized carbons (Fsp3) is 0.292. The molecule has 32 heavy (non-hydrogen) atoms. The molecule has 8 nitrogen and oxygen atoms in total. The number of unbranched alkanes of at least 4 members (excludes halogenated alkanes) is 1. The molecule has 1 aliphatic rings. The molecule has 0 radical (unpaired) electrons. The zero-order chi connectivity index (χ0) is 23.4. The highest BCUT2D eigenvalue weighted by Crippen LogP contribution is 2.32. The van der Waals surface area contributed by atoms with Crippen molar-refractivity contribution in [2.75, 3.05) is 13.6 Å². The summed E-state index contributed by atoms with van der Waals surface area (Å²) in [7, 11) is 1.62. The van der Waals surface area contributed by atoms with Crippen molar-refractivity contribution in [1.82, 2.24) is 9.80 Å². The fourth-order valence-electron chi connectivity index (χ4n) is 3.62. The van der Waals surface area contributed by atoms with Gasteiger partial charge in [-0.15, -0.1) is 0 Å². The van der Waals surface area contributed by atoms with Crippen LogP contribution in [0.5, 0.6) is 11.5 Å². The van der Waals surface area contributed by atoms with Crippen molar-refractivity contribution in [1.29, 1.82) is 0 Å². The average Bonchev–Trinajstić information content (AvgIpc) is 3.18. The van der Waals surface area contributed by atoms with Gasteiger partial charge in [-0.3, -0.25) is 9.59 Å². The number of rotatable bonds is 7. The lowest BCUT2D eigenvalue weighted by atomic mass is 10.1. The Kier molecular flexibility index (Phi) is 6.82. The minimum Gasteiger partial charge on any atom is -0.507 e. The minimum atomic E-state index is -1.05. The number of carbonyl (C=O) groups excluding carboxylic acids is 2. The van der Waals surface area contributed by atoms with E-state index >= 15 is 0 Å². The van der Waals surface area contributed by atoms with Gasteiger partial charge in [-0.2, -0.15) is 0 Å². The molecule has 2 aromatic carbocycles. The van der Waals surface area contributed by atoms with Gasteiger partial charge in [-0.1, -0.05) is 25.5 Å².